The molecule has 5 heteroatoms. The first-order chi connectivity index (χ1) is 6.83. The van der Waals surface area contributed by atoms with Crippen molar-refractivity contribution in [2.75, 3.05) is 6.61 Å². The van der Waals surface area contributed by atoms with E-state index in [0.717, 1.165) is 12.8 Å². The Morgan fingerprint density at radius 1 is 1.50 bits per heavy atom. The lowest BCUT2D eigenvalue weighted by molar-refractivity contribution is 0.00450. The Bertz CT molecular complexity index is 415. The Balaban J connectivity index is 2.11. The molecule has 0 amide bonds. The monoisotopic (exact) mass is 194 g/mol. The molecule has 3 rings (SSSR count). The van der Waals surface area contributed by atoms with Crippen molar-refractivity contribution in [1.29, 1.82) is 0 Å². The molecule has 1 aromatic heterocycles. The molecule has 5 nitrogen and oxygen atoms in total. The van der Waals surface area contributed by atoms with Crippen LogP contribution < -0.4 is 10.3 Å². The molecule has 2 aliphatic rings. The smallest absolute Gasteiger partial charge is 0.301 e. The van der Waals surface area contributed by atoms with E-state index in [9.17, 15) is 4.79 Å². The van der Waals surface area contributed by atoms with Gasteiger partial charge in [0.25, 0.3) is 5.56 Å². The van der Waals surface area contributed by atoms with Gasteiger partial charge in [0, 0.05) is 12.3 Å². The number of ether oxygens (including phenoxy) is 2. The van der Waals surface area contributed by atoms with Gasteiger partial charge in [-0.1, -0.05) is 0 Å². The zero-order valence-corrected chi connectivity index (χ0v) is 7.55. The molecule has 74 valence electrons. The normalized spacial score (nSPS) is 29.1. The number of hydrogen-bond donors (Lipinski definition) is 0. The summed E-state index contributed by atoms with van der Waals surface area (Å²) in [5.41, 5.74) is -0.269. The highest BCUT2D eigenvalue weighted by Gasteiger charge is 2.31. The molecule has 0 N–H and O–H groups in total. The lowest BCUT2D eigenvalue weighted by Gasteiger charge is -2.14. The van der Waals surface area contributed by atoms with Crippen molar-refractivity contribution in [3.8, 4) is 6.01 Å². The Labute approximate surface area is 80.3 Å². The summed E-state index contributed by atoms with van der Waals surface area (Å²) < 4.78 is 12.9. The highest BCUT2D eigenvalue weighted by molar-refractivity contribution is 5.02. The minimum absolute atomic E-state index is 0.00870. The lowest BCUT2D eigenvalue weighted by atomic mass is 10.2. The van der Waals surface area contributed by atoms with Gasteiger partial charge >= 0.3 is 6.01 Å². The van der Waals surface area contributed by atoms with Gasteiger partial charge < -0.3 is 9.47 Å². The van der Waals surface area contributed by atoms with Crippen LogP contribution in [0.15, 0.2) is 17.1 Å². The lowest BCUT2D eigenvalue weighted by Crippen LogP contribution is -2.18. The van der Waals surface area contributed by atoms with Crippen LogP contribution in [0.3, 0.4) is 0 Å². The number of fused-ring (bicyclic) bond motifs is 4. The summed E-state index contributed by atoms with van der Waals surface area (Å²) in [6.07, 6.45) is 3.80. The van der Waals surface area contributed by atoms with E-state index in [0.29, 0.717) is 12.6 Å². The predicted octanol–water partition coefficient (Wildman–Crippen LogP) is 0.313. The molecule has 3 heterocycles. The van der Waals surface area contributed by atoms with Crippen molar-refractivity contribution in [3.05, 3.63) is 22.6 Å². The van der Waals surface area contributed by atoms with Crippen LogP contribution in [0.4, 0.5) is 0 Å². The van der Waals surface area contributed by atoms with Gasteiger partial charge in [-0.05, 0) is 12.8 Å². The molecule has 2 bridgehead atoms. The van der Waals surface area contributed by atoms with Crippen LogP contribution in [0, 0.1) is 0 Å². The summed E-state index contributed by atoms with van der Waals surface area (Å²) in [6.45, 7) is 0.493. The first-order valence-corrected chi connectivity index (χ1v) is 4.70. The van der Waals surface area contributed by atoms with Crippen molar-refractivity contribution in [2.45, 2.75) is 25.2 Å². The number of aromatic nitrogens is 2. The SMILES string of the molecule is O=c1ccn2c(n1)OC[C@@H]1CCC2O1. The van der Waals surface area contributed by atoms with Crippen molar-refractivity contribution >= 4 is 0 Å². The van der Waals surface area contributed by atoms with Gasteiger partial charge in [0.05, 0.1) is 6.10 Å². The minimum Gasteiger partial charge on any atom is -0.462 e. The van der Waals surface area contributed by atoms with Gasteiger partial charge in [-0.3, -0.25) is 9.36 Å². The van der Waals surface area contributed by atoms with Gasteiger partial charge in [-0.15, -0.1) is 0 Å². The zero-order valence-electron chi connectivity index (χ0n) is 7.55. The van der Waals surface area contributed by atoms with Gasteiger partial charge in [-0.2, -0.15) is 4.98 Å². The fraction of sp³-hybridized carbons (Fsp3) is 0.556. The van der Waals surface area contributed by atoms with Crippen molar-refractivity contribution in [2.24, 2.45) is 0 Å². The molecule has 0 aliphatic carbocycles. The van der Waals surface area contributed by atoms with Crippen molar-refractivity contribution in [1.82, 2.24) is 9.55 Å². The molecular formula is C9H10N2O3. The average Bonchev–Trinajstić information content (AvgIpc) is 2.54. The van der Waals surface area contributed by atoms with E-state index < -0.39 is 0 Å². The second-order valence-corrected chi connectivity index (χ2v) is 3.56. The van der Waals surface area contributed by atoms with E-state index in [-0.39, 0.29) is 17.9 Å². The van der Waals surface area contributed by atoms with Gasteiger partial charge in [-0.25, -0.2) is 0 Å². The van der Waals surface area contributed by atoms with E-state index >= 15 is 0 Å². The third-order valence-corrected chi connectivity index (χ3v) is 2.60. The summed E-state index contributed by atoms with van der Waals surface area (Å²) in [7, 11) is 0. The molecule has 0 radical (unpaired) electrons. The maximum atomic E-state index is 11.0. The fourth-order valence-electron chi connectivity index (χ4n) is 1.90. The van der Waals surface area contributed by atoms with E-state index in [1.54, 1.807) is 10.8 Å². The largest absolute Gasteiger partial charge is 0.462 e. The molecule has 2 atom stereocenters. The van der Waals surface area contributed by atoms with Gasteiger partial charge in [0.2, 0.25) is 0 Å². The van der Waals surface area contributed by atoms with E-state index in [1.807, 2.05) is 0 Å². The molecule has 1 aromatic rings. The van der Waals surface area contributed by atoms with Crippen LogP contribution in [-0.4, -0.2) is 22.3 Å². The topological polar surface area (TPSA) is 53.4 Å². The summed E-state index contributed by atoms with van der Waals surface area (Å²) >= 11 is 0. The van der Waals surface area contributed by atoms with E-state index in [4.69, 9.17) is 9.47 Å². The molecule has 2 aliphatic heterocycles. The average molecular weight is 194 g/mol. The van der Waals surface area contributed by atoms with Crippen molar-refractivity contribution in [3.63, 3.8) is 0 Å². The maximum Gasteiger partial charge on any atom is 0.301 e. The van der Waals surface area contributed by atoms with Crippen LogP contribution in [-0.2, 0) is 4.74 Å². The quantitative estimate of drug-likeness (QED) is 0.596. The Morgan fingerprint density at radius 2 is 2.43 bits per heavy atom. The molecule has 0 aromatic carbocycles. The third kappa shape index (κ3) is 1.13. The Morgan fingerprint density at radius 3 is 3.36 bits per heavy atom. The second kappa shape index (κ2) is 2.81. The Hall–Kier alpha value is -1.36. The molecular weight excluding hydrogens is 184 g/mol. The molecule has 0 spiro atoms. The Kier molecular flexibility index (Phi) is 1.61. The summed E-state index contributed by atoms with van der Waals surface area (Å²) in [5, 5.41) is 0. The van der Waals surface area contributed by atoms with E-state index in [2.05, 4.69) is 4.98 Å². The number of rotatable bonds is 0. The zero-order chi connectivity index (χ0) is 9.54. The van der Waals surface area contributed by atoms with Gasteiger partial charge in [0.1, 0.15) is 12.8 Å². The van der Waals surface area contributed by atoms with Crippen LogP contribution in [0.1, 0.15) is 19.1 Å². The molecule has 1 fully saturated rings. The molecule has 1 saturated heterocycles. The summed E-state index contributed by atoms with van der Waals surface area (Å²) in [5.74, 6) is 0. The summed E-state index contributed by atoms with van der Waals surface area (Å²) in [6, 6.07) is 1.80. The maximum absolute atomic E-state index is 11.0. The van der Waals surface area contributed by atoms with Gasteiger partial charge in [0.15, 0.2) is 0 Å². The van der Waals surface area contributed by atoms with E-state index in [1.165, 1.54) is 6.07 Å². The van der Waals surface area contributed by atoms with Crippen LogP contribution in [0.25, 0.3) is 0 Å². The highest BCUT2D eigenvalue weighted by Crippen LogP contribution is 2.32. The number of hydrogen-bond acceptors (Lipinski definition) is 4. The standard InChI is InChI=1S/C9H10N2O3/c12-7-3-4-11-8-2-1-6(14-8)5-13-9(11)10-7/h3-4,6,8H,1-2,5H2/t6-,8?/m0/s1. The first kappa shape index (κ1) is 7.99. The first-order valence-electron chi connectivity index (χ1n) is 4.70. The fourth-order valence-corrected chi connectivity index (χ4v) is 1.90. The molecule has 0 saturated carbocycles. The third-order valence-electron chi connectivity index (χ3n) is 2.60. The van der Waals surface area contributed by atoms with Crippen LogP contribution >= 0.6 is 0 Å². The van der Waals surface area contributed by atoms with Crippen molar-refractivity contribution < 1.29 is 9.47 Å². The molecule has 1 unspecified atom stereocenters. The van der Waals surface area contributed by atoms with Crippen LogP contribution in [0.5, 0.6) is 6.01 Å². The predicted molar refractivity (Wildman–Crippen MR) is 47.1 cm³/mol. The second-order valence-electron chi connectivity index (χ2n) is 3.56. The number of nitrogens with zero attached hydrogens (tertiary/aromatic N) is 2. The van der Waals surface area contributed by atoms with Crippen LogP contribution in [0.2, 0.25) is 0 Å². The highest BCUT2D eigenvalue weighted by atomic mass is 16.6. The minimum atomic E-state index is -0.269. The summed E-state index contributed by atoms with van der Waals surface area (Å²) in [4.78, 5) is 14.8. The molecule has 14 heavy (non-hydrogen) atoms.